The van der Waals surface area contributed by atoms with Crippen LogP contribution in [0.3, 0.4) is 0 Å². The molecule has 0 unspecified atom stereocenters. The second-order valence-corrected chi connectivity index (χ2v) is 4.51. The highest BCUT2D eigenvalue weighted by atomic mass is 79.9. The maximum Gasteiger partial charge on any atom is 0.199 e. The maximum absolute atomic E-state index is 13.4. The molecule has 2 rings (SSSR count). The monoisotopic (exact) mass is 331 g/mol. The third-order valence-corrected chi connectivity index (χ3v) is 3.06. The van der Waals surface area contributed by atoms with Crippen LogP contribution in [0.1, 0.15) is 0 Å². The van der Waals surface area contributed by atoms with Gasteiger partial charge in [0.05, 0.1) is 11.6 Å². The van der Waals surface area contributed by atoms with Gasteiger partial charge in [-0.2, -0.15) is 0 Å². The molecule has 4 nitrogen and oxygen atoms in total. The Balaban J connectivity index is 2.34. The number of halogens is 3. The highest BCUT2D eigenvalue weighted by molar-refractivity contribution is 9.10. The van der Waals surface area contributed by atoms with E-state index < -0.39 is 0 Å². The molecule has 0 fully saturated rings. The van der Waals surface area contributed by atoms with Gasteiger partial charge in [0.15, 0.2) is 16.7 Å². The first-order valence-corrected chi connectivity index (χ1v) is 6.05. The van der Waals surface area contributed by atoms with Crippen LogP contribution in [0.25, 0.3) is 0 Å². The molecular weight excluding hydrogens is 324 g/mol. The molecule has 2 aromatic rings. The van der Waals surface area contributed by atoms with Gasteiger partial charge in [-0.05, 0) is 34.1 Å². The lowest BCUT2D eigenvalue weighted by Gasteiger charge is -2.10. The summed E-state index contributed by atoms with van der Waals surface area (Å²) in [5.74, 6) is 0.306. The van der Waals surface area contributed by atoms with Crippen molar-refractivity contribution in [1.82, 2.24) is 9.97 Å². The van der Waals surface area contributed by atoms with Gasteiger partial charge in [0, 0.05) is 5.69 Å². The summed E-state index contributed by atoms with van der Waals surface area (Å²) < 4.78 is 18.8. The molecule has 0 radical (unpaired) electrons. The minimum Gasteiger partial charge on any atom is -0.490 e. The molecule has 0 amide bonds. The van der Waals surface area contributed by atoms with Crippen LogP contribution in [-0.2, 0) is 0 Å². The Kier molecular flexibility index (Phi) is 3.98. The minimum atomic E-state index is -0.376. The normalized spacial score (nSPS) is 10.2. The largest absolute Gasteiger partial charge is 0.490 e. The number of nitrogens with zero attached hydrogens (tertiary/aromatic N) is 2. The topological polar surface area (TPSA) is 47.0 Å². The number of hydrogen-bond donors (Lipinski definition) is 1. The van der Waals surface area contributed by atoms with Crippen LogP contribution in [0.2, 0.25) is 5.15 Å². The number of nitrogens with one attached hydrogen (secondary N) is 1. The second-order valence-electron chi connectivity index (χ2n) is 3.30. The number of benzene rings is 1. The Labute approximate surface area is 116 Å². The molecule has 0 aliphatic rings. The number of methoxy groups -OCH3 is 1. The molecule has 0 saturated heterocycles. The molecular formula is C11H8BrClFN3O. The van der Waals surface area contributed by atoms with Gasteiger partial charge in [0.2, 0.25) is 0 Å². The number of rotatable bonds is 3. The van der Waals surface area contributed by atoms with Crippen LogP contribution >= 0.6 is 27.5 Å². The molecule has 7 heteroatoms. The first kappa shape index (κ1) is 13.0. The number of hydrogen-bond acceptors (Lipinski definition) is 4. The number of anilines is 2. The first-order valence-electron chi connectivity index (χ1n) is 4.88. The Morgan fingerprint density at radius 2 is 2.17 bits per heavy atom. The van der Waals surface area contributed by atoms with Crippen LogP contribution in [0.15, 0.2) is 29.0 Å². The van der Waals surface area contributed by atoms with Crippen LogP contribution in [0.4, 0.5) is 15.9 Å². The van der Waals surface area contributed by atoms with Crippen molar-refractivity contribution in [3.8, 4) is 5.75 Å². The first-order chi connectivity index (χ1) is 8.61. The molecule has 0 saturated carbocycles. The summed E-state index contributed by atoms with van der Waals surface area (Å²) in [5, 5.41) is 3.10. The second kappa shape index (κ2) is 5.49. The van der Waals surface area contributed by atoms with Gasteiger partial charge in [-0.15, -0.1) is 0 Å². The van der Waals surface area contributed by atoms with Gasteiger partial charge in [0.1, 0.15) is 12.1 Å². The number of ether oxygens (including phenoxy) is 1. The van der Waals surface area contributed by atoms with Gasteiger partial charge in [-0.1, -0.05) is 11.6 Å². The quantitative estimate of drug-likeness (QED) is 0.869. The fourth-order valence-corrected chi connectivity index (χ4v) is 1.79. The Morgan fingerprint density at radius 1 is 1.39 bits per heavy atom. The molecule has 0 aliphatic heterocycles. The molecule has 0 aliphatic carbocycles. The predicted molar refractivity (Wildman–Crippen MR) is 71.0 cm³/mol. The predicted octanol–water partition coefficient (Wildman–Crippen LogP) is 3.78. The summed E-state index contributed by atoms with van der Waals surface area (Å²) in [6.45, 7) is 0. The van der Waals surface area contributed by atoms with Gasteiger partial charge >= 0.3 is 0 Å². The lowest BCUT2D eigenvalue weighted by Crippen LogP contribution is -1.99. The lowest BCUT2D eigenvalue weighted by molar-refractivity contribution is 0.413. The molecule has 0 bridgehead atoms. The highest BCUT2D eigenvalue weighted by Gasteiger charge is 2.11. The Hall–Kier alpha value is -1.40. The van der Waals surface area contributed by atoms with E-state index in [1.54, 1.807) is 12.1 Å². The summed E-state index contributed by atoms with van der Waals surface area (Å²) in [6, 6.07) is 4.62. The van der Waals surface area contributed by atoms with Crippen LogP contribution in [-0.4, -0.2) is 17.1 Å². The standard InChI is InChI=1S/C11H8BrClFN3O/c1-18-9-10(13)15-5-16-11(9)17-6-2-3-7(12)8(14)4-6/h2-5H,1H3,(H,15,16,17). The van der Waals surface area contributed by atoms with E-state index in [0.29, 0.717) is 21.7 Å². The van der Waals surface area contributed by atoms with Crippen molar-refractivity contribution in [2.45, 2.75) is 0 Å². The van der Waals surface area contributed by atoms with Gasteiger partial charge in [-0.25, -0.2) is 14.4 Å². The van der Waals surface area contributed by atoms with E-state index in [9.17, 15) is 4.39 Å². The van der Waals surface area contributed by atoms with Gasteiger partial charge in [-0.3, -0.25) is 0 Å². The number of aromatic nitrogens is 2. The molecule has 94 valence electrons. The molecule has 18 heavy (non-hydrogen) atoms. The van der Waals surface area contributed by atoms with Gasteiger partial charge in [0.25, 0.3) is 0 Å². The van der Waals surface area contributed by atoms with E-state index >= 15 is 0 Å². The van der Waals surface area contributed by atoms with Crippen LogP contribution in [0, 0.1) is 5.82 Å². The Morgan fingerprint density at radius 3 is 2.83 bits per heavy atom. The third-order valence-electron chi connectivity index (χ3n) is 2.15. The van der Waals surface area contributed by atoms with E-state index in [2.05, 4.69) is 31.2 Å². The summed E-state index contributed by atoms with van der Waals surface area (Å²) in [6.07, 6.45) is 1.29. The van der Waals surface area contributed by atoms with Crippen molar-refractivity contribution < 1.29 is 9.13 Å². The van der Waals surface area contributed by atoms with Crippen LogP contribution < -0.4 is 10.1 Å². The summed E-state index contributed by atoms with van der Waals surface area (Å²) >= 11 is 8.93. The average Bonchev–Trinajstić information content (AvgIpc) is 2.34. The molecule has 1 heterocycles. The Bertz CT molecular complexity index is 582. The van der Waals surface area contributed by atoms with Gasteiger partial charge < -0.3 is 10.1 Å². The van der Waals surface area contributed by atoms with Crippen molar-refractivity contribution in [3.05, 3.63) is 40.0 Å². The zero-order chi connectivity index (χ0) is 13.1. The van der Waals surface area contributed by atoms with E-state index in [0.717, 1.165) is 0 Å². The summed E-state index contributed by atoms with van der Waals surface area (Å²) in [4.78, 5) is 7.78. The molecule has 0 spiro atoms. The summed E-state index contributed by atoms with van der Waals surface area (Å²) in [5.41, 5.74) is 0.531. The van der Waals surface area contributed by atoms with Crippen LogP contribution in [0.5, 0.6) is 5.75 Å². The van der Waals surface area contributed by atoms with Crippen molar-refractivity contribution in [2.75, 3.05) is 12.4 Å². The third kappa shape index (κ3) is 2.70. The SMILES string of the molecule is COc1c(Cl)ncnc1Nc1ccc(Br)c(F)c1. The zero-order valence-electron chi connectivity index (χ0n) is 9.25. The van der Waals surface area contributed by atoms with Crippen molar-refractivity contribution in [2.24, 2.45) is 0 Å². The zero-order valence-corrected chi connectivity index (χ0v) is 11.6. The minimum absolute atomic E-state index is 0.188. The highest BCUT2D eigenvalue weighted by Crippen LogP contribution is 2.31. The lowest BCUT2D eigenvalue weighted by atomic mass is 10.3. The molecule has 1 N–H and O–H groups in total. The van der Waals surface area contributed by atoms with E-state index in [-0.39, 0.29) is 11.0 Å². The van der Waals surface area contributed by atoms with E-state index in [1.807, 2.05) is 0 Å². The van der Waals surface area contributed by atoms with Crippen molar-refractivity contribution >= 4 is 39.0 Å². The van der Waals surface area contributed by atoms with E-state index in [1.165, 1.54) is 19.5 Å². The molecule has 1 aromatic carbocycles. The van der Waals surface area contributed by atoms with E-state index in [4.69, 9.17) is 16.3 Å². The smallest absolute Gasteiger partial charge is 0.199 e. The van der Waals surface area contributed by atoms with Crippen molar-refractivity contribution in [3.63, 3.8) is 0 Å². The fraction of sp³-hybridized carbons (Fsp3) is 0.0909. The molecule has 0 atom stereocenters. The maximum atomic E-state index is 13.4. The average molecular weight is 333 g/mol. The van der Waals surface area contributed by atoms with Crippen molar-refractivity contribution in [1.29, 1.82) is 0 Å². The molecule has 1 aromatic heterocycles. The summed E-state index contributed by atoms with van der Waals surface area (Å²) in [7, 11) is 1.46. The fourth-order valence-electron chi connectivity index (χ4n) is 1.33.